The first kappa shape index (κ1) is 14.2. The fourth-order valence-corrected chi connectivity index (χ4v) is 1.87. The summed E-state index contributed by atoms with van der Waals surface area (Å²) in [5.41, 5.74) is 0.852. The second-order valence-corrected chi connectivity index (χ2v) is 4.29. The van der Waals surface area contributed by atoms with Gasteiger partial charge in [0.25, 0.3) is 0 Å². The maximum Gasteiger partial charge on any atom is 0.405 e. The first-order valence-corrected chi connectivity index (χ1v) is 6.01. The van der Waals surface area contributed by atoms with E-state index in [0.29, 0.717) is 0 Å². The molecular formula is C14H13F3N2O. The van der Waals surface area contributed by atoms with Crippen LogP contribution in [0.1, 0.15) is 5.56 Å². The fraction of sp³-hybridized carbons (Fsp3) is 0.214. The summed E-state index contributed by atoms with van der Waals surface area (Å²) in [4.78, 5) is 11.3. The molecule has 2 amide bonds. The second kappa shape index (κ2) is 5.81. The van der Waals surface area contributed by atoms with Crippen LogP contribution < -0.4 is 10.6 Å². The van der Waals surface area contributed by atoms with E-state index in [-0.39, 0.29) is 6.54 Å². The summed E-state index contributed by atoms with van der Waals surface area (Å²) in [6.45, 7) is -1.17. The molecule has 20 heavy (non-hydrogen) atoms. The Balaban J connectivity index is 1.98. The van der Waals surface area contributed by atoms with Crippen molar-refractivity contribution in [1.82, 2.24) is 10.6 Å². The van der Waals surface area contributed by atoms with E-state index in [2.05, 4.69) is 5.32 Å². The van der Waals surface area contributed by atoms with Gasteiger partial charge in [-0.25, -0.2) is 4.79 Å². The molecule has 0 heterocycles. The van der Waals surface area contributed by atoms with Crippen molar-refractivity contribution >= 4 is 16.8 Å². The van der Waals surface area contributed by atoms with E-state index in [4.69, 9.17) is 0 Å². The molecule has 0 saturated heterocycles. The molecule has 0 spiro atoms. The zero-order valence-corrected chi connectivity index (χ0v) is 10.5. The monoisotopic (exact) mass is 282 g/mol. The molecule has 0 radical (unpaired) electrons. The van der Waals surface area contributed by atoms with Gasteiger partial charge in [0, 0.05) is 6.54 Å². The molecule has 106 valence electrons. The highest BCUT2D eigenvalue weighted by Crippen LogP contribution is 2.18. The highest BCUT2D eigenvalue weighted by Gasteiger charge is 2.27. The van der Waals surface area contributed by atoms with Gasteiger partial charge in [0.2, 0.25) is 0 Å². The maximum absolute atomic E-state index is 11.9. The molecule has 0 aliphatic heterocycles. The van der Waals surface area contributed by atoms with E-state index in [1.54, 1.807) is 5.32 Å². The molecule has 0 unspecified atom stereocenters. The number of rotatable bonds is 3. The number of benzene rings is 2. The lowest BCUT2D eigenvalue weighted by molar-refractivity contribution is -0.122. The van der Waals surface area contributed by atoms with Crippen LogP contribution in [0.5, 0.6) is 0 Å². The molecular weight excluding hydrogens is 269 g/mol. The van der Waals surface area contributed by atoms with E-state index in [1.807, 2.05) is 42.5 Å². The Morgan fingerprint density at radius 3 is 2.45 bits per heavy atom. The van der Waals surface area contributed by atoms with Gasteiger partial charge in [-0.3, -0.25) is 0 Å². The Bertz CT molecular complexity index is 605. The van der Waals surface area contributed by atoms with E-state index < -0.39 is 18.8 Å². The first-order valence-electron chi connectivity index (χ1n) is 6.01. The highest BCUT2D eigenvalue weighted by molar-refractivity contribution is 5.86. The van der Waals surface area contributed by atoms with Crippen LogP contribution in [0.2, 0.25) is 0 Å². The number of hydrogen-bond donors (Lipinski definition) is 2. The number of carbonyl (C=O) groups is 1. The highest BCUT2D eigenvalue weighted by atomic mass is 19.4. The third-order valence-electron chi connectivity index (χ3n) is 2.77. The van der Waals surface area contributed by atoms with Gasteiger partial charge in [0.1, 0.15) is 6.54 Å². The minimum absolute atomic E-state index is 0.172. The van der Waals surface area contributed by atoms with Gasteiger partial charge in [-0.2, -0.15) is 13.2 Å². The van der Waals surface area contributed by atoms with Crippen molar-refractivity contribution in [3.05, 3.63) is 48.0 Å². The summed E-state index contributed by atoms with van der Waals surface area (Å²) in [5, 5.41) is 6.16. The largest absolute Gasteiger partial charge is 0.405 e. The molecule has 6 heteroatoms. The van der Waals surface area contributed by atoms with Crippen molar-refractivity contribution in [1.29, 1.82) is 0 Å². The molecule has 0 aromatic heterocycles. The van der Waals surface area contributed by atoms with Crippen LogP contribution in [-0.2, 0) is 6.54 Å². The van der Waals surface area contributed by atoms with Crippen LogP contribution in [0.25, 0.3) is 10.8 Å². The zero-order valence-electron chi connectivity index (χ0n) is 10.5. The number of halogens is 3. The van der Waals surface area contributed by atoms with Gasteiger partial charge in [0.05, 0.1) is 0 Å². The Labute approximate surface area is 113 Å². The Morgan fingerprint density at radius 1 is 1.00 bits per heavy atom. The SMILES string of the molecule is O=C(NCc1cccc2ccccc12)NCC(F)(F)F. The molecule has 2 rings (SSSR count). The van der Waals surface area contributed by atoms with Crippen molar-refractivity contribution in [2.45, 2.75) is 12.7 Å². The van der Waals surface area contributed by atoms with Crippen molar-refractivity contribution in [2.75, 3.05) is 6.54 Å². The molecule has 0 fully saturated rings. The van der Waals surface area contributed by atoms with E-state index in [0.717, 1.165) is 16.3 Å². The summed E-state index contributed by atoms with van der Waals surface area (Å²) in [6.07, 6.45) is -4.41. The number of nitrogens with one attached hydrogen (secondary N) is 2. The van der Waals surface area contributed by atoms with Crippen LogP contribution in [0.4, 0.5) is 18.0 Å². The average molecular weight is 282 g/mol. The van der Waals surface area contributed by atoms with E-state index in [9.17, 15) is 18.0 Å². The molecule has 2 aromatic rings. The molecule has 0 bridgehead atoms. The molecule has 0 saturated carbocycles. The predicted molar refractivity (Wildman–Crippen MR) is 70.2 cm³/mol. The quantitative estimate of drug-likeness (QED) is 0.891. The maximum atomic E-state index is 11.9. The third kappa shape index (κ3) is 3.88. The van der Waals surface area contributed by atoms with Crippen molar-refractivity contribution in [3.8, 4) is 0 Å². The minimum atomic E-state index is -4.41. The summed E-state index contributed by atoms with van der Waals surface area (Å²) in [7, 11) is 0. The van der Waals surface area contributed by atoms with Crippen molar-refractivity contribution < 1.29 is 18.0 Å². The summed E-state index contributed by atoms with van der Waals surface area (Å²) >= 11 is 0. The van der Waals surface area contributed by atoms with Crippen LogP contribution in [-0.4, -0.2) is 18.8 Å². The second-order valence-electron chi connectivity index (χ2n) is 4.29. The van der Waals surface area contributed by atoms with Crippen LogP contribution >= 0.6 is 0 Å². The summed E-state index contributed by atoms with van der Waals surface area (Å²) in [5.74, 6) is 0. The fourth-order valence-electron chi connectivity index (χ4n) is 1.87. The molecule has 2 aromatic carbocycles. The van der Waals surface area contributed by atoms with Crippen molar-refractivity contribution in [3.63, 3.8) is 0 Å². The number of amides is 2. The Morgan fingerprint density at radius 2 is 1.70 bits per heavy atom. The van der Waals surface area contributed by atoms with Crippen LogP contribution in [0.3, 0.4) is 0 Å². The standard InChI is InChI=1S/C14H13F3N2O/c15-14(16,17)9-19-13(20)18-8-11-6-3-5-10-4-1-2-7-12(10)11/h1-7H,8-9H2,(H2,18,19,20). The Hall–Kier alpha value is -2.24. The van der Waals surface area contributed by atoms with Crippen LogP contribution in [0, 0.1) is 0 Å². The smallest absolute Gasteiger partial charge is 0.334 e. The summed E-state index contributed by atoms with van der Waals surface area (Å²) < 4.78 is 35.8. The lowest BCUT2D eigenvalue weighted by Gasteiger charge is -2.11. The van der Waals surface area contributed by atoms with Crippen molar-refractivity contribution in [2.24, 2.45) is 0 Å². The molecule has 0 aliphatic carbocycles. The number of urea groups is 1. The lowest BCUT2D eigenvalue weighted by Crippen LogP contribution is -2.40. The molecule has 0 aliphatic rings. The van der Waals surface area contributed by atoms with Gasteiger partial charge >= 0.3 is 12.2 Å². The average Bonchev–Trinajstić information content (AvgIpc) is 2.42. The topological polar surface area (TPSA) is 41.1 Å². The van der Waals surface area contributed by atoms with Gasteiger partial charge < -0.3 is 10.6 Å². The van der Waals surface area contributed by atoms with Gasteiger partial charge in [0.15, 0.2) is 0 Å². The number of fused-ring (bicyclic) bond motifs is 1. The molecule has 0 atom stereocenters. The van der Waals surface area contributed by atoms with Gasteiger partial charge in [-0.05, 0) is 16.3 Å². The van der Waals surface area contributed by atoms with Crippen LogP contribution in [0.15, 0.2) is 42.5 Å². The molecule has 3 nitrogen and oxygen atoms in total. The summed E-state index contributed by atoms with van der Waals surface area (Å²) in [6, 6.07) is 12.4. The first-order chi connectivity index (χ1) is 9.46. The third-order valence-corrected chi connectivity index (χ3v) is 2.77. The Kier molecular flexibility index (Phi) is 4.12. The van der Waals surface area contributed by atoms with E-state index in [1.165, 1.54) is 0 Å². The molecule has 2 N–H and O–H groups in total. The minimum Gasteiger partial charge on any atom is -0.334 e. The number of alkyl halides is 3. The zero-order chi connectivity index (χ0) is 14.6. The van der Waals surface area contributed by atoms with E-state index >= 15 is 0 Å². The lowest BCUT2D eigenvalue weighted by atomic mass is 10.0. The van der Waals surface area contributed by atoms with Gasteiger partial charge in [-0.1, -0.05) is 42.5 Å². The number of hydrogen-bond acceptors (Lipinski definition) is 1. The predicted octanol–water partition coefficient (Wildman–Crippen LogP) is 3.20. The normalized spacial score (nSPS) is 11.3. The van der Waals surface area contributed by atoms with Gasteiger partial charge in [-0.15, -0.1) is 0 Å². The number of carbonyl (C=O) groups excluding carboxylic acids is 1.